The molecule has 0 saturated carbocycles. The monoisotopic (exact) mass is 460 g/mol. The molecular weight excluding hydrogens is 438 g/mol. The van der Waals surface area contributed by atoms with Gasteiger partial charge in [-0.05, 0) is 35.9 Å². The molecule has 2 fully saturated rings. The molecule has 10 heteroatoms. The van der Waals surface area contributed by atoms with E-state index in [0.29, 0.717) is 18.8 Å². The van der Waals surface area contributed by atoms with Crippen LogP contribution in [0.2, 0.25) is 0 Å². The molecule has 33 heavy (non-hydrogen) atoms. The minimum absolute atomic E-state index is 0.0510. The molecule has 2 amide bonds. The molecule has 0 radical (unpaired) electrons. The van der Waals surface area contributed by atoms with Gasteiger partial charge in [-0.3, -0.25) is 9.59 Å². The van der Waals surface area contributed by atoms with Gasteiger partial charge in [0.05, 0.1) is 33.4 Å². The highest BCUT2D eigenvalue weighted by Crippen LogP contribution is 2.35. The summed E-state index contributed by atoms with van der Waals surface area (Å²) in [5, 5.41) is 2.51. The fourth-order valence-corrected chi connectivity index (χ4v) is 4.03. The number of likely N-dealkylation sites (tertiary alicyclic amines) is 1. The summed E-state index contributed by atoms with van der Waals surface area (Å²) in [6.07, 6.45) is 0.150. The molecule has 0 unspecified atom stereocenters. The number of nitrogens with zero attached hydrogens (tertiary/aromatic N) is 1. The van der Waals surface area contributed by atoms with Crippen LogP contribution in [0.5, 0.6) is 0 Å². The van der Waals surface area contributed by atoms with Crippen LogP contribution in [0.3, 0.4) is 0 Å². The number of methoxy groups -OCH3 is 1. The lowest BCUT2D eigenvalue weighted by Gasteiger charge is -2.23. The van der Waals surface area contributed by atoms with Gasteiger partial charge < -0.3 is 24.4 Å². The Balaban J connectivity index is 1.40. The number of carbonyl (C=O) groups excluding carboxylic acids is 3. The van der Waals surface area contributed by atoms with Crippen LogP contribution in [0, 0.1) is 11.6 Å². The Morgan fingerprint density at radius 1 is 1.12 bits per heavy atom. The predicted octanol–water partition coefficient (Wildman–Crippen LogP) is 1.88. The van der Waals surface area contributed by atoms with Crippen molar-refractivity contribution in [3.8, 4) is 11.1 Å². The summed E-state index contributed by atoms with van der Waals surface area (Å²) < 4.78 is 43.4. The van der Waals surface area contributed by atoms with Gasteiger partial charge in [0.2, 0.25) is 5.91 Å². The fourth-order valence-electron chi connectivity index (χ4n) is 4.03. The smallest absolute Gasteiger partial charge is 0.328 e. The second kappa shape index (κ2) is 9.24. The van der Waals surface area contributed by atoms with Gasteiger partial charge in [0, 0.05) is 17.5 Å². The second-order valence-corrected chi connectivity index (χ2v) is 7.76. The van der Waals surface area contributed by atoms with E-state index in [0.717, 1.165) is 18.2 Å². The van der Waals surface area contributed by atoms with Gasteiger partial charge in [-0.1, -0.05) is 12.1 Å². The molecule has 1 N–H and O–H groups in total. The highest BCUT2D eigenvalue weighted by atomic mass is 19.1. The quantitative estimate of drug-likeness (QED) is 0.685. The van der Waals surface area contributed by atoms with Gasteiger partial charge in [0.1, 0.15) is 17.7 Å². The third-order valence-electron chi connectivity index (χ3n) is 5.69. The zero-order valence-electron chi connectivity index (χ0n) is 17.8. The van der Waals surface area contributed by atoms with E-state index in [1.54, 1.807) is 0 Å². The summed E-state index contributed by atoms with van der Waals surface area (Å²) in [5.74, 6) is -3.82. The molecule has 0 aliphatic carbocycles. The lowest BCUT2D eigenvalue weighted by Crippen LogP contribution is -2.46. The Kier molecular flexibility index (Phi) is 6.39. The molecule has 2 aliphatic rings. The maximum atomic E-state index is 14.0. The van der Waals surface area contributed by atoms with Crippen molar-refractivity contribution in [3.63, 3.8) is 0 Å². The average Bonchev–Trinajstić information content (AvgIpc) is 3.45. The zero-order valence-corrected chi connectivity index (χ0v) is 17.8. The molecule has 0 bridgehead atoms. The summed E-state index contributed by atoms with van der Waals surface area (Å²) in [5.41, 5.74) is 0.706. The molecule has 2 heterocycles. The molecular formula is C23H22F2N2O6. The molecule has 174 valence electrons. The van der Waals surface area contributed by atoms with E-state index >= 15 is 0 Å². The van der Waals surface area contributed by atoms with Crippen LogP contribution in [0.1, 0.15) is 16.8 Å². The molecule has 2 aliphatic heterocycles. The van der Waals surface area contributed by atoms with Crippen molar-refractivity contribution in [2.45, 2.75) is 18.2 Å². The van der Waals surface area contributed by atoms with Crippen LogP contribution in [0.4, 0.5) is 8.78 Å². The van der Waals surface area contributed by atoms with Crippen LogP contribution < -0.4 is 5.32 Å². The maximum absolute atomic E-state index is 14.0. The number of amides is 2. The average molecular weight is 460 g/mol. The van der Waals surface area contributed by atoms with E-state index in [1.165, 1.54) is 36.3 Å². The van der Waals surface area contributed by atoms with E-state index in [2.05, 4.69) is 5.32 Å². The van der Waals surface area contributed by atoms with Crippen LogP contribution in [0.15, 0.2) is 42.5 Å². The standard InChI is InChI=1S/C23H22F2N2O6/c1-31-22(30)19-11-23(32-8-9-33-23)13-27(19)20(28)12-26-21(29)15-4-2-14(3-5-15)17-10-16(24)6-7-18(17)25/h2-7,10,19H,8-9,11-13H2,1H3,(H,26,29)/t19-/m0/s1. The van der Waals surface area contributed by atoms with Crippen molar-refractivity contribution in [1.82, 2.24) is 10.2 Å². The zero-order chi connectivity index (χ0) is 23.6. The summed E-state index contributed by atoms with van der Waals surface area (Å²) >= 11 is 0. The first kappa shape index (κ1) is 22.8. The van der Waals surface area contributed by atoms with Crippen molar-refractivity contribution in [3.05, 3.63) is 59.7 Å². The number of hydrogen-bond acceptors (Lipinski definition) is 6. The molecule has 2 saturated heterocycles. The lowest BCUT2D eigenvalue weighted by molar-refractivity contribution is -0.152. The summed E-state index contributed by atoms with van der Waals surface area (Å²) in [6.45, 7) is 0.419. The van der Waals surface area contributed by atoms with Gasteiger partial charge in [0.25, 0.3) is 5.91 Å². The van der Waals surface area contributed by atoms with Crippen molar-refractivity contribution in [2.24, 2.45) is 0 Å². The van der Waals surface area contributed by atoms with E-state index in [1.807, 2.05) is 0 Å². The van der Waals surface area contributed by atoms with E-state index < -0.39 is 41.2 Å². The predicted molar refractivity (Wildman–Crippen MR) is 111 cm³/mol. The summed E-state index contributed by atoms with van der Waals surface area (Å²) in [6, 6.07) is 8.11. The molecule has 4 rings (SSSR count). The third kappa shape index (κ3) is 4.71. The van der Waals surface area contributed by atoms with Crippen molar-refractivity contribution in [1.29, 1.82) is 0 Å². The molecule has 2 aromatic carbocycles. The van der Waals surface area contributed by atoms with Gasteiger partial charge >= 0.3 is 5.97 Å². The topological polar surface area (TPSA) is 94.2 Å². The summed E-state index contributed by atoms with van der Waals surface area (Å²) in [4.78, 5) is 38.7. The number of esters is 1. The van der Waals surface area contributed by atoms with Crippen LogP contribution >= 0.6 is 0 Å². The van der Waals surface area contributed by atoms with Crippen LogP contribution in [-0.2, 0) is 23.8 Å². The highest BCUT2D eigenvalue weighted by Gasteiger charge is 2.52. The molecule has 8 nitrogen and oxygen atoms in total. The minimum Gasteiger partial charge on any atom is -0.467 e. The first-order valence-corrected chi connectivity index (χ1v) is 10.3. The van der Waals surface area contributed by atoms with Gasteiger partial charge in [-0.2, -0.15) is 0 Å². The van der Waals surface area contributed by atoms with Crippen molar-refractivity contribution < 1.29 is 37.4 Å². The highest BCUT2D eigenvalue weighted by molar-refractivity contribution is 5.97. The number of nitrogens with one attached hydrogen (secondary N) is 1. The molecule has 0 aromatic heterocycles. The summed E-state index contributed by atoms with van der Waals surface area (Å²) in [7, 11) is 1.23. The number of rotatable bonds is 5. The largest absolute Gasteiger partial charge is 0.467 e. The molecule has 1 spiro atoms. The van der Waals surface area contributed by atoms with Crippen molar-refractivity contribution in [2.75, 3.05) is 33.4 Å². The Labute approximate surface area is 188 Å². The van der Waals surface area contributed by atoms with Gasteiger partial charge in [0.15, 0.2) is 5.79 Å². The SMILES string of the molecule is COC(=O)[C@@H]1CC2(CN1C(=O)CNC(=O)c1ccc(-c3cc(F)ccc3F)cc1)OCCO2. The van der Waals surface area contributed by atoms with E-state index in [-0.39, 0.29) is 30.6 Å². The van der Waals surface area contributed by atoms with Crippen LogP contribution in [0.25, 0.3) is 11.1 Å². The normalized spacial score (nSPS) is 19.0. The number of benzene rings is 2. The first-order chi connectivity index (χ1) is 15.8. The number of halogens is 2. The minimum atomic E-state index is -1.04. The maximum Gasteiger partial charge on any atom is 0.328 e. The first-order valence-electron chi connectivity index (χ1n) is 10.3. The number of carbonyl (C=O) groups is 3. The van der Waals surface area contributed by atoms with E-state index in [9.17, 15) is 23.2 Å². The second-order valence-electron chi connectivity index (χ2n) is 7.76. The lowest BCUT2D eigenvalue weighted by atomic mass is 10.0. The fraction of sp³-hybridized carbons (Fsp3) is 0.348. The van der Waals surface area contributed by atoms with E-state index in [4.69, 9.17) is 14.2 Å². The Morgan fingerprint density at radius 3 is 2.48 bits per heavy atom. The Bertz CT molecular complexity index is 1070. The van der Waals surface area contributed by atoms with Gasteiger partial charge in [-0.25, -0.2) is 13.6 Å². The Hall–Kier alpha value is -3.37. The number of ether oxygens (including phenoxy) is 3. The Morgan fingerprint density at radius 2 is 1.82 bits per heavy atom. The molecule has 1 atom stereocenters. The molecule has 2 aromatic rings. The van der Waals surface area contributed by atoms with Crippen LogP contribution in [-0.4, -0.2) is 67.9 Å². The van der Waals surface area contributed by atoms with Gasteiger partial charge in [-0.15, -0.1) is 0 Å². The number of hydrogen-bond donors (Lipinski definition) is 1. The third-order valence-corrected chi connectivity index (χ3v) is 5.69. The van der Waals surface area contributed by atoms with Crippen molar-refractivity contribution >= 4 is 17.8 Å².